The Morgan fingerprint density at radius 1 is 0.340 bits per heavy atom. The summed E-state index contributed by atoms with van der Waals surface area (Å²) in [6, 6.07) is 59.8. The van der Waals surface area contributed by atoms with Gasteiger partial charge in [0, 0.05) is 53.3 Å². The third-order valence-electron chi connectivity index (χ3n) is 9.45. The fourth-order valence-electron chi connectivity index (χ4n) is 7.06. The predicted octanol–water partition coefficient (Wildman–Crippen LogP) is 12.0. The minimum Gasteiger partial charge on any atom is -0.309 e. The van der Waals surface area contributed by atoms with Crippen LogP contribution in [0, 0.1) is 0 Å². The molecule has 10 aromatic rings. The second-order valence-corrected chi connectivity index (χ2v) is 13.6. The van der Waals surface area contributed by atoms with Crippen molar-refractivity contribution < 1.29 is 0 Å². The molecule has 50 heavy (non-hydrogen) atoms. The zero-order valence-corrected chi connectivity index (χ0v) is 27.7. The van der Waals surface area contributed by atoms with Crippen LogP contribution in [-0.4, -0.2) is 19.5 Å². The molecule has 0 N–H and O–H groups in total. The van der Waals surface area contributed by atoms with E-state index in [1.54, 1.807) is 11.3 Å². The maximum Gasteiger partial charge on any atom is 0.164 e. The van der Waals surface area contributed by atoms with Gasteiger partial charge in [0.25, 0.3) is 0 Å². The Hall–Kier alpha value is -6.43. The number of aromatic nitrogens is 4. The zero-order chi connectivity index (χ0) is 33.0. The van der Waals surface area contributed by atoms with Crippen molar-refractivity contribution in [2.45, 2.75) is 0 Å². The molecule has 0 aliphatic carbocycles. The molecule has 0 saturated heterocycles. The highest BCUT2D eigenvalue weighted by Crippen LogP contribution is 2.38. The summed E-state index contributed by atoms with van der Waals surface area (Å²) in [5, 5.41) is 4.86. The van der Waals surface area contributed by atoms with Gasteiger partial charge in [-0.2, -0.15) is 0 Å². The first kappa shape index (κ1) is 28.6. The number of hydrogen-bond donors (Lipinski definition) is 0. The van der Waals surface area contributed by atoms with Crippen LogP contribution in [0.2, 0.25) is 0 Å². The Morgan fingerprint density at radius 2 is 0.920 bits per heavy atom. The summed E-state index contributed by atoms with van der Waals surface area (Å²) >= 11 is 1.80. The van der Waals surface area contributed by atoms with Crippen LogP contribution < -0.4 is 0 Å². The monoisotopic (exact) mass is 656 g/mol. The van der Waals surface area contributed by atoms with Gasteiger partial charge in [0.2, 0.25) is 0 Å². The second-order valence-electron chi connectivity index (χ2n) is 12.5. The van der Waals surface area contributed by atoms with Crippen LogP contribution in [0.4, 0.5) is 0 Å². The van der Waals surface area contributed by atoms with Gasteiger partial charge < -0.3 is 4.57 Å². The third kappa shape index (κ3) is 4.79. The fraction of sp³-hybridized carbons (Fsp3) is 0. The molecule has 7 aromatic carbocycles. The molecule has 0 spiro atoms. The molecule has 5 heteroatoms. The lowest BCUT2D eigenvalue weighted by atomic mass is 10.1. The topological polar surface area (TPSA) is 43.6 Å². The molecule has 3 aromatic heterocycles. The van der Waals surface area contributed by atoms with E-state index in [9.17, 15) is 0 Å². The third-order valence-corrected chi connectivity index (χ3v) is 10.6. The lowest BCUT2D eigenvalue weighted by Gasteiger charge is -2.11. The minimum atomic E-state index is 0.648. The normalized spacial score (nSPS) is 11.6. The predicted molar refractivity (Wildman–Crippen MR) is 209 cm³/mol. The first-order valence-electron chi connectivity index (χ1n) is 16.7. The van der Waals surface area contributed by atoms with E-state index in [2.05, 4.69) is 156 Å². The highest BCUT2D eigenvalue weighted by molar-refractivity contribution is 7.25. The lowest BCUT2D eigenvalue weighted by molar-refractivity contribution is 1.07. The van der Waals surface area contributed by atoms with Crippen molar-refractivity contribution in [3.05, 3.63) is 170 Å². The van der Waals surface area contributed by atoms with Crippen LogP contribution in [-0.2, 0) is 0 Å². The number of rotatable bonds is 5. The van der Waals surface area contributed by atoms with Gasteiger partial charge in [-0.3, -0.25) is 0 Å². The van der Waals surface area contributed by atoms with Crippen molar-refractivity contribution >= 4 is 53.3 Å². The Labute approximate surface area is 292 Å². The van der Waals surface area contributed by atoms with Crippen LogP contribution in [0.1, 0.15) is 0 Å². The number of hydrogen-bond acceptors (Lipinski definition) is 4. The average Bonchev–Trinajstić information content (AvgIpc) is 3.73. The molecule has 234 valence electrons. The second kappa shape index (κ2) is 11.6. The maximum absolute atomic E-state index is 5.13. The van der Waals surface area contributed by atoms with Crippen molar-refractivity contribution in [2.75, 3.05) is 0 Å². The van der Waals surface area contributed by atoms with E-state index in [1.165, 1.54) is 36.7 Å². The standard InChI is InChI=1S/C45H28N4S/c1-3-12-29(13-4-1)31-16-11-17-34(26-31)49-39-20-9-7-18-35(39)38-27-32(23-25-40(38)49)44-46-43(30-14-5-2-6-15-30)47-45(48-44)33-22-24-37-36-19-8-10-21-41(36)50-42(37)28-33/h1-28H. The first-order chi connectivity index (χ1) is 24.8. The Morgan fingerprint density at radius 3 is 1.72 bits per heavy atom. The van der Waals surface area contributed by atoms with Crippen LogP contribution in [0.3, 0.4) is 0 Å². The molecular weight excluding hydrogens is 629 g/mol. The number of benzene rings is 7. The summed E-state index contributed by atoms with van der Waals surface area (Å²) < 4.78 is 4.85. The Balaban J connectivity index is 1.15. The van der Waals surface area contributed by atoms with Gasteiger partial charge in [-0.15, -0.1) is 11.3 Å². The summed E-state index contributed by atoms with van der Waals surface area (Å²) in [5.41, 5.74) is 8.67. The summed E-state index contributed by atoms with van der Waals surface area (Å²) in [6.07, 6.45) is 0. The Kier molecular flexibility index (Phi) is 6.64. The Bertz CT molecular complexity index is 2870. The van der Waals surface area contributed by atoms with Gasteiger partial charge in [0.15, 0.2) is 17.5 Å². The smallest absolute Gasteiger partial charge is 0.164 e. The van der Waals surface area contributed by atoms with Crippen molar-refractivity contribution in [2.24, 2.45) is 0 Å². The minimum absolute atomic E-state index is 0.648. The van der Waals surface area contributed by atoms with Gasteiger partial charge in [-0.05, 0) is 59.7 Å². The van der Waals surface area contributed by atoms with Crippen LogP contribution >= 0.6 is 11.3 Å². The molecule has 0 unspecified atom stereocenters. The summed E-state index contributed by atoms with van der Waals surface area (Å²) in [4.78, 5) is 15.2. The van der Waals surface area contributed by atoms with E-state index >= 15 is 0 Å². The quantitative estimate of drug-likeness (QED) is 0.185. The largest absolute Gasteiger partial charge is 0.309 e. The van der Waals surface area contributed by atoms with E-state index in [0.29, 0.717) is 17.5 Å². The van der Waals surface area contributed by atoms with Crippen LogP contribution in [0.15, 0.2) is 170 Å². The molecule has 0 amide bonds. The summed E-state index contributed by atoms with van der Waals surface area (Å²) in [7, 11) is 0. The maximum atomic E-state index is 5.13. The molecular formula is C45H28N4S. The van der Waals surface area contributed by atoms with Crippen molar-refractivity contribution in [1.29, 1.82) is 0 Å². The molecule has 4 nitrogen and oxygen atoms in total. The van der Waals surface area contributed by atoms with Gasteiger partial charge in [0.1, 0.15) is 0 Å². The SMILES string of the molecule is c1ccc(-c2cccc(-n3c4ccccc4c4cc(-c5nc(-c6ccccc6)nc(-c6ccc7c(c6)sc6ccccc67)n5)ccc43)c2)cc1. The van der Waals surface area contributed by atoms with E-state index in [0.717, 1.165) is 38.8 Å². The molecule has 3 heterocycles. The van der Waals surface area contributed by atoms with Crippen molar-refractivity contribution in [1.82, 2.24) is 19.5 Å². The lowest BCUT2D eigenvalue weighted by Crippen LogP contribution is -2.00. The number of nitrogens with zero attached hydrogens (tertiary/aromatic N) is 4. The molecule has 0 atom stereocenters. The van der Waals surface area contributed by atoms with E-state index < -0.39 is 0 Å². The molecule has 10 rings (SSSR count). The highest BCUT2D eigenvalue weighted by Gasteiger charge is 2.17. The van der Waals surface area contributed by atoms with Crippen molar-refractivity contribution in [3.8, 4) is 51.0 Å². The molecule has 0 saturated carbocycles. The first-order valence-corrected chi connectivity index (χ1v) is 17.5. The zero-order valence-electron chi connectivity index (χ0n) is 26.9. The van der Waals surface area contributed by atoms with Gasteiger partial charge in [-0.25, -0.2) is 15.0 Å². The van der Waals surface area contributed by atoms with Gasteiger partial charge in [0.05, 0.1) is 11.0 Å². The highest BCUT2D eigenvalue weighted by atomic mass is 32.1. The molecule has 0 fully saturated rings. The van der Waals surface area contributed by atoms with Crippen LogP contribution in [0.5, 0.6) is 0 Å². The van der Waals surface area contributed by atoms with Gasteiger partial charge in [-0.1, -0.05) is 121 Å². The van der Waals surface area contributed by atoms with E-state index in [1.807, 2.05) is 18.2 Å². The van der Waals surface area contributed by atoms with E-state index in [4.69, 9.17) is 15.0 Å². The van der Waals surface area contributed by atoms with Crippen molar-refractivity contribution in [3.63, 3.8) is 0 Å². The number of fused-ring (bicyclic) bond motifs is 6. The molecule has 0 aliphatic heterocycles. The van der Waals surface area contributed by atoms with E-state index in [-0.39, 0.29) is 0 Å². The summed E-state index contributed by atoms with van der Waals surface area (Å²) in [6.45, 7) is 0. The van der Waals surface area contributed by atoms with Gasteiger partial charge >= 0.3 is 0 Å². The molecule has 0 radical (unpaired) electrons. The average molecular weight is 657 g/mol. The number of thiophene rings is 1. The van der Waals surface area contributed by atoms with Crippen LogP contribution in [0.25, 0.3) is 93.0 Å². The molecule has 0 aliphatic rings. The fourth-order valence-corrected chi connectivity index (χ4v) is 8.21. The molecule has 0 bridgehead atoms. The number of para-hydroxylation sites is 1. The summed E-state index contributed by atoms with van der Waals surface area (Å²) in [5.74, 6) is 1.96.